The van der Waals surface area contributed by atoms with Gasteiger partial charge in [0, 0.05) is 16.2 Å². The van der Waals surface area contributed by atoms with Gasteiger partial charge < -0.3 is 10.6 Å². The molecular weight excluding hydrogens is 325 g/mol. The molecule has 7 heteroatoms. The van der Waals surface area contributed by atoms with E-state index < -0.39 is 11.7 Å². The second kappa shape index (κ2) is 5.40. The Morgan fingerprint density at radius 2 is 2.05 bits per heavy atom. The van der Waals surface area contributed by atoms with Gasteiger partial charge in [-0.25, -0.2) is 0 Å². The Labute approximate surface area is 116 Å². The summed E-state index contributed by atoms with van der Waals surface area (Å²) in [5, 5.41) is 5.43. The number of rotatable bonds is 4. The van der Waals surface area contributed by atoms with Crippen LogP contribution in [0.5, 0.6) is 0 Å². The fourth-order valence-corrected chi connectivity index (χ4v) is 2.01. The Morgan fingerprint density at radius 1 is 1.37 bits per heavy atom. The smallest absolute Gasteiger partial charge is 0.376 e. The highest BCUT2D eigenvalue weighted by Gasteiger charge is 2.33. The number of benzene rings is 1. The van der Waals surface area contributed by atoms with Crippen LogP contribution in [0.1, 0.15) is 18.4 Å². The van der Waals surface area contributed by atoms with E-state index in [0.29, 0.717) is 0 Å². The van der Waals surface area contributed by atoms with Gasteiger partial charge in [0.1, 0.15) is 0 Å². The van der Waals surface area contributed by atoms with Gasteiger partial charge in [-0.15, -0.1) is 0 Å². The first-order valence-electron chi connectivity index (χ1n) is 5.76. The van der Waals surface area contributed by atoms with Crippen molar-refractivity contribution >= 4 is 27.5 Å². The van der Waals surface area contributed by atoms with Crippen LogP contribution in [0.15, 0.2) is 22.7 Å². The number of amides is 1. The van der Waals surface area contributed by atoms with Crippen LogP contribution in [-0.4, -0.2) is 18.5 Å². The highest BCUT2D eigenvalue weighted by atomic mass is 79.9. The molecule has 0 spiro atoms. The van der Waals surface area contributed by atoms with Crippen molar-refractivity contribution in [3.63, 3.8) is 0 Å². The second-order valence-corrected chi connectivity index (χ2v) is 5.24. The summed E-state index contributed by atoms with van der Waals surface area (Å²) < 4.78 is 38.0. The van der Waals surface area contributed by atoms with Crippen LogP contribution in [0.25, 0.3) is 0 Å². The number of alkyl halides is 3. The molecule has 2 rings (SSSR count). The summed E-state index contributed by atoms with van der Waals surface area (Å²) in [6.07, 6.45) is -2.47. The normalized spacial score (nSPS) is 15.2. The number of hydrogen-bond donors (Lipinski definition) is 2. The fourth-order valence-electron chi connectivity index (χ4n) is 1.54. The average molecular weight is 337 g/mol. The summed E-state index contributed by atoms with van der Waals surface area (Å²) in [5.41, 5.74) is -0.499. The summed E-state index contributed by atoms with van der Waals surface area (Å²) in [7, 11) is 0. The van der Waals surface area contributed by atoms with Gasteiger partial charge in [-0.05, 0) is 31.0 Å². The number of carbonyl (C=O) groups is 1. The molecule has 1 saturated carbocycles. The maximum Gasteiger partial charge on any atom is 0.417 e. The van der Waals surface area contributed by atoms with Crippen molar-refractivity contribution in [2.24, 2.45) is 0 Å². The zero-order valence-electron chi connectivity index (χ0n) is 9.85. The Balaban J connectivity index is 1.98. The van der Waals surface area contributed by atoms with Crippen molar-refractivity contribution < 1.29 is 18.0 Å². The van der Waals surface area contributed by atoms with Crippen molar-refractivity contribution in [1.82, 2.24) is 5.32 Å². The largest absolute Gasteiger partial charge is 0.417 e. The van der Waals surface area contributed by atoms with Gasteiger partial charge in [0.15, 0.2) is 0 Å². The summed E-state index contributed by atoms with van der Waals surface area (Å²) in [6.45, 7) is -0.0323. The van der Waals surface area contributed by atoms with E-state index >= 15 is 0 Å². The molecule has 0 saturated heterocycles. The summed E-state index contributed by atoms with van der Waals surface area (Å²) in [5.74, 6) is -0.209. The van der Waals surface area contributed by atoms with Crippen LogP contribution in [0.4, 0.5) is 18.9 Å². The van der Waals surface area contributed by atoms with Crippen molar-refractivity contribution in [2.75, 3.05) is 11.9 Å². The zero-order valence-corrected chi connectivity index (χ0v) is 11.4. The average Bonchev–Trinajstić information content (AvgIpc) is 3.10. The molecule has 1 aliphatic rings. The Bertz CT molecular complexity index is 486. The molecule has 0 atom stereocenters. The summed E-state index contributed by atoms with van der Waals surface area (Å²) in [6, 6.07) is 4.02. The predicted molar refractivity (Wildman–Crippen MR) is 68.8 cm³/mol. The molecular formula is C12H12BrF3N2O. The van der Waals surface area contributed by atoms with Crippen LogP contribution in [0.3, 0.4) is 0 Å². The lowest BCUT2D eigenvalue weighted by Crippen LogP contribution is -2.31. The van der Waals surface area contributed by atoms with E-state index in [1.807, 2.05) is 0 Å². The van der Waals surface area contributed by atoms with Gasteiger partial charge in [0.25, 0.3) is 0 Å². The molecule has 1 aromatic rings. The standard InChI is InChI=1S/C12H12BrF3N2O/c13-10-4-3-8(5-9(10)12(14,15)16)17-6-11(19)18-7-1-2-7/h3-5,7,17H,1-2,6H2,(H,18,19). The summed E-state index contributed by atoms with van der Waals surface area (Å²) in [4.78, 5) is 11.4. The molecule has 1 amide bonds. The minimum atomic E-state index is -4.42. The van der Waals surface area contributed by atoms with Gasteiger partial charge in [-0.3, -0.25) is 4.79 Å². The topological polar surface area (TPSA) is 41.1 Å². The molecule has 1 aliphatic carbocycles. The Morgan fingerprint density at radius 3 is 2.63 bits per heavy atom. The van der Waals surface area contributed by atoms with Gasteiger partial charge in [-0.2, -0.15) is 13.2 Å². The number of nitrogens with one attached hydrogen (secondary N) is 2. The predicted octanol–water partition coefficient (Wildman–Crippen LogP) is 3.16. The molecule has 0 aliphatic heterocycles. The molecule has 19 heavy (non-hydrogen) atoms. The van der Waals surface area contributed by atoms with Crippen LogP contribution < -0.4 is 10.6 Å². The molecule has 1 fully saturated rings. The van der Waals surface area contributed by atoms with Gasteiger partial charge >= 0.3 is 6.18 Å². The SMILES string of the molecule is O=C(CNc1ccc(Br)c(C(F)(F)F)c1)NC1CC1. The maximum absolute atomic E-state index is 12.7. The van der Waals surface area contributed by atoms with E-state index in [-0.39, 0.29) is 28.7 Å². The fraction of sp³-hybridized carbons (Fsp3) is 0.417. The lowest BCUT2D eigenvalue weighted by Gasteiger charge is -2.12. The molecule has 0 unspecified atom stereocenters. The highest BCUT2D eigenvalue weighted by molar-refractivity contribution is 9.10. The number of hydrogen-bond acceptors (Lipinski definition) is 2. The second-order valence-electron chi connectivity index (χ2n) is 4.39. The number of halogens is 4. The van der Waals surface area contributed by atoms with Crippen LogP contribution in [0.2, 0.25) is 0 Å². The number of anilines is 1. The first-order chi connectivity index (χ1) is 8.86. The van der Waals surface area contributed by atoms with E-state index in [0.717, 1.165) is 18.9 Å². The third kappa shape index (κ3) is 4.12. The molecule has 2 N–H and O–H groups in total. The number of carbonyl (C=O) groups excluding carboxylic acids is 1. The summed E-state index contributed by atoms with van der Waals surface area (Å²) >= 11 is 2.86. The zero-order chi connectivity index (χ0) is 14.0. The molecule has 1 aromatic carbocycles. The lowest BCUT2D eigenvalue weighted by molar-refractivity contribution is -0.138. The quantitative estimate of drug-likeness (QED) is 0.886. The van der Waals surface area contributed by atoms with Gasteiger partial charge in [0.05, 0.1) is 12.1 Å². The van der Waals surface area contributed by atoms with Crippen molar-refractivity contribution in [1.29, 1.82) is 0 Å². The Kier molecular flexibility index (Phi) is 4.03. The molecule has 104 valence electrons. The van der Waals surface area contributed by atoms with E-state index in [9.17, 15) is 18.0 Å². The van der Waals surface area contributed by atoms with E-state index in [1.54, 1.807) is 0 Å². The molecule has 0 aromatic heterocycles. The van der Waals surface area contributed by atoms with Gasteiger partial charge in [0.2, 0.25) is 5.91 Å². The van der Waals surface area contributed by atoms with E-state index in [1.165, 1.54) is 12.1 Å². The molecule has 0 bridgehead atoms. The van der Waals surface area contributed by atoms with Crippen LogP contribution >= 0.6 is 15.9 Å². The molecule has 3 nitrogen and oxygen atoms in total. The molecule has 0 radical (unpaired) electrons. The van der Waals surface area contributed by atoms with E-state index in [2.05, 4.69) is 26.6 Å². The first kappa shape index (κ1) is 14.2. The van der Waals surface area contributed by atoms with E-state index in [4.69, 9.17) is 0 Å². The first-order valence-corrected chi connectivity index (χ1v) is 6.55. The highest BCUT2D eigenvalue weighted by Crippen LogP contribution is 2.36. The maximum atomic E-state index is 12.7. The van der Waals surface area contributed by atoms with Crippen LogP contribution in [0, 0.1) is 0 Å². The van der Waals surface area contributed by atoms with Gasteiger partial charge in [-0.1, -0.05) is 15.9 Å². The lowest BCUT2D eigenvalue weighted by atomic mass is 10.2. The van der Waals surface area contributed by atoms with Crippen molar-refractivity contribution in [3.8, 4) is 0 Å². The third-order valence-corrected chi connectivity index (χ3v) is 3.36. The van der Waals surface area contributed by atoms with Crippen molar-refractivity contribution in [2.45, 2.75) is 25.1 Å². The monoisotopic (exact) mass is 336 g/mol. The third-order valence-electron chi connectivity index (χ3n) is 2.67. The van der Waals surface area contributed by atoms with Crippen LogP contribution in [-0.2, 0) is 11.0 Å². The molecule has 0 heterocycles. The minimum absolute atomic E-state index is 0.0204. The van der Waals surface area contributed by atoms with Crippen molar-refractivity contribution in [3.05, 3.63) is 28.2 Å². The Hall–Kier alpha value is -1.24. The minimum Gasteiger partial charge on any atom is -0.376 e.